The summed E-state index contributed by atoms with van der Waals surface area (Å²) in [6.45, 7) is 0.975. The largest absolute Gasteiger partial charge is 0.492 e. The Kier molecular flexibility index (Phi) is 4.78. The van der Waals surface area contributed by atoms with Gasteiger partial charge in [-0.25, -0.2) is 9.37 Å². The molecule has 0 aliphatic carbocycles. The molecule has 0 unspecified atom stereocenters. The van der Waals surface area contributed by atoms with E-state index in [1.54, 1.807) is 18.5 Å². The van der Waals surface area contributed by atoms with Crippen molar-refractivity contribution in [1.29, 1.82) is 0 Å². The maximum Gasteiger partial charge on any atom is 0.226 e. The zero-order chi connectivity index (χ0) is 18.5. The van der Waals surface area contributed by atoms with Gasteiger partial charge in [0.2, 0.25) is 5.95 Å². The van der Waals surface area contributed by atoms with E-state index in [0.717, 1.165) is 5.75 Å². The van der Waals surface area contributed by atoms with Gasteiger partial charge in [0, 0.05) is 5.69 Å². The zero-order valence-electron chi connectivity index (χ0n) is 14.3. The monoisotopic (exact) mass is 364 g/mol. The third-order valence-corrected chi connectivity index (χ3v) is 3.77. The van der Waals surface area contributed by atoms with E-state index in [4.69, 9.17) is 4.74 Å². The van der Waals surface area contributed by atoms with Gasteiger partial charge in [-0.2, -0.15) is 9.97 Å². The summed E-state index contributed by atoms with van der Waals surface area (Å²) < 4.78 is 19.1. The number of imidazole rings is 1. The standard InChI is InChI=1S/C19H17FN6O/c20-13-5-4-6-14(11-13)24-18-16-17(23-12-22-16)25-19(26-18)21-9-10-27-15-7-2-1-3-8-15/h1-8,11-12H,9-10H2,(H3,21,22,23,24,25,26). The number of para-hydroxylation sites is 1. The highest BCUT2D eigenvalue weighted by molar-refractivity contribution is 5.86. The molecule has 0 amide bonds. The maximum atomic E-state index is 13.4. The highest BCUT2D eigenvalue weighted by atomic mass is 19.1. The number of fused-ring (bicyclic) bond motifs is 1. The molecule has 2 aromatic heterocycles. The molecule has 7 nitrogen and oxygen atoms in total. The van der Waals surface area contributed by atoms with Crippen LogP contribution in [0.2, 0.25) is 0 Å². The molecule has 3 N–H and O–H groups in total. The molecule has 0 saturated heterocycles. The summed E-state index contributed by atoms with van der Waals surface area (Å²) in [6.07, 6.45) is 1.54. The van der Waals surface area contributed by atoms with E-state index in [2.05, 4.69) is 30.6 Å². The van der Waals surface area contributed by atoms with Crippen LogP contribution in [0.25, 0.3) is 11.2 Å². The zero-order valence-corrected chi connectivity index (χ0v) is 14.3. The average molecular weight is 364 g/mol. The van der Waals surface area contributed by atoms with Gasteiger partial charge in [0.1, 0.15) is 23.7 Å². The van der Waals surface area contributed by atoms with Crippen LogP contribution in [0.1, 0.15) is 0 Å². The lowest BCUT2D eigenvalue weighted by Gasteiger charge is -2.10. The third-order valence-electron chi connectivity index (χ3n) is 3.77. The molecule has 0 aliphatic heterocycles. The minimum atomic E-state index is -0.327. The van der Waals surface area contributed by atoms with E-state index in [1.807, 2.05) is 30.3 Å². The van der Waals surface area contributed by atoms with E-state index in [0.29, 0.717) is 41.8 Å². The second-order valence-electron chi connectivity index (χ2n) is 5.72. The van der Waals surface area contributed by atoms with Crippen LogP contribution in [-0.2, 0) is 0 Å². The van der Waals surface area contributed by atoms with Crippen LogP contribution in [0.5, 0.6) is 5.75 Å². The Morgan fingerprint density at radius 3 is 2.78 bits per heavy atom. The number of nitrogens with zero attached hydrogens (tertiary/aromatic N) is 3. The third kappa shape index (κ3) is 4.12. The van der Waals surface area contributed by atoms with Crippen molar-refractivity contribution in [2.45, 2.75) is 0 Å². The molecule has 4 aromatic rings. The SMILES string of the molecule is Fc1cccc(Nc2nc(NCCOc3ccccc3)nc3nc[nH]c23)c1. The number of hydrogen-bond acceptors (Lipinski definition) is 6. The lowest BCUT2D eigenvalue weighted by atomic mass is 10.3. The summed E-state index contributed by atoms with van der Waals surface area (Å²) in [5, 5.41) is 6.22. The number of aromatic amines is 1. The number of anilines is 3. The minimum Gasteiger partial charge on any atom is -0.492 e. The summed E-state index contributed by atoms with van der Waals surface area (Å²) in [5.41, 5.74) is 1.74. The Morgan fingerprint density at radius 1 is 1.04 bits per heavy atom. The summed E-state index contributed by atoms with van der Waals surface area (Å²) in [7, 11) is 0. The Hall–Kier alpha value is -3.68. The number of H-pyrrole nitrogens is 1. The van der Waals surface area contributed by atoms with Gasteiger partial charge < -0.3 is 20.4 Å². The quantitative estimate of drug-likeness (QED) is 0.433. The van der Waals surface area contributed by atoms with Gasteiger partial charge in [0.15, 0.2) is 11.5 Å². The fraction of sp³-hybridized carbons (Fsp3) is 0.105. The lowest BCUT2D eigenvalue weighted by Crippen LogP contribution is -2.14. The smallest absolute Gasteiger partial charge is 0.226 e. The first-order valence-electron chi connectivity index (χ1n) is 8.43. The first-order valence-corrected chi connectivity index (χ1v) is 8.43. The topological polar surface area (TPSA) is 87.8 Å². The normalized spacial score (nSPS) is 10.7. The fourth-order valence-electron chi connectivity index (χ4n) is 2.55. The molecule has 0 spiro atoms. The molecule has 8 heteroatoms. The number of ether oxygens (including phenoxy) is 1. The van der Waals surface area contributed by atoms with Gasteiger partial charge in [-0.05, 0) is 30.3 Å². The lowest BCUT2D eigenvalue weighted by molar-refractivity contribution is 0.332. The first kappa shape index (κ1) is 16.8. The van der Waals surface area contributed by atoms with Gasteiger partial charge >= 0.3 is 0 Å². The van der Waals surface area contributed by atoms with Gasteiger partial charge in [0.05, 0.1) is 12.9 Å². The van der Waals surface area contributed by atoms with Crippen molar-refractivity contribution in [3.63, 3.8) is 0 Å². The van der Waals surface area contributed by atoms with Crippen molar-refractivity contribution < 1.29 is 9.13 Å². The van der Waals surface area contributed by atoms with Crippen molar-refractivity contribution in [3.8, 4) is 5.75 Å². The second kappa shape index (κ2) is 7.69. The number of nitrogens with one attached hydrogen (secondary N) is 3. The Bertz CT molecular complexity index is 1040. The van der Waals surface area contributed by atoms with Crippen LogP contribution in [-0.4, -0.2) is 33.1 Å². The summed E-state index contributed by atoms with van der Waals surface area (Å²) in [5.74, 6) is 1.39. The summed E-state index contributed by atoms with van der Waals surface area (Å²) in [4.78, 5) is 16.0. The minimum absolute atomic E-state index is 0.327. The van der Waals surface area contributed by atoms with Crippen LogP contribution in [0.15, 0.2) is 60.9 Å². The number of aromatic nitrogens is 4. The summed E-state index contributed by atoms with van der Waals surface area (Å²) in [6, 6.07) is 15.7. The number of halogens is 1. The summed E-state index contributed by atoms with van der Waals surface area (Å²) >= 11 is 0. The Morgan fingerprint density at radius 2 is 1.93 bits per heavy atom. The molecular formula is C19H17FN6O. The van der Waals surface area contributed by atoms with Crippen molar-refractivity contribution in [2.75, 3.05) is 23.8 Å². The first-order chi connectivity index (χ1) is 13.3. The molecule has 0 radical (unpaired) electrons. The van der Waals surface area contributed by atoms with Crippen molar-refractivity contribution >= 4 is 28.6 Å². The molecule has 2 aromatic carbocycles. The molecule has 0 aliphatic rings. The molecule has 0 saturated carbocycles. The van der Waals surface area contributed by atoms with Gasteiger partial charge in [0.25, 0.3) is 0 Å². The van der Waals surface area contributed by atoms with Gasteiger partial charge in [-0.15, -0.1) is 0 Å². The van der Waals surface area contributed by atoms with Crippen molar-refractivity contribution in [1.82, 2.24) is 19.9 Å². The Labute approximate surface area is 154 Å². The van der Waals surface area contributed by atoms with E-state index in [9.17, 15) is 4.39 Å². The average Bonchev–Trinajstić information content (AvgIpc) is 3.15. The second-order valence-corrected chi connectivity index (χ2v) is 5.72. The molecule has 27 heavy (non-hydrogen) atoms. The Balaban J connectivity index is 1.46. The van der Waals surface area contributed by atoms with Crippen molar-refractivity contribution in [3.05, 3.63) is 66.7 Å². The highest BCUT2D eigenvalue weighted by Crippen LogP contribution is 2.23. The van der Waals surface area contributed by atoms with Gasteiger partial charge in [-0.3, -0.25) is 0 Å². The number of hydrogen-bond donors (Lipinski definition) is 3. The van der Waals surface area contributed by atoms with Crippen LogP contribution in [0.3, 0.4) is 0 Å². The number of benzene rings is 2. The molecule has 136 valence electrons. The van der Waals surface area contributed by atoms with Crippen LogP contribution >= 0.6 is 0 Å². The van der Waals surface area contributed by atoms with Gasteiger partial charge in [-0.1, -0.05) is 24.3 Å². The molecule has 2 heterocycles. The molecular weight excluding hydrogens is 347 g/mol. The molecule has 4 rings (SSSR count). The maximum absolute atomic E-state index is 13.4. The highest BCUT2D eigenvalue weighted by Gasteiger charge is 2.10. The van der Waals surface area contributed by atoms with E-state index in [1.165, 1.54) is 12.1 Å². The van der Waals surface area contributed by atoms with E-state index < -0.39 is 0 Å². The predicted molar refractivity (Wildman–Crippen MR) is 102 cm³/mol. The van der Waals surface area contributed by atoms with Crippen LogP contribution in [0, 0.1) is 5.82 Å². The number of rotatable bonds is 7. The predicted octanol–water partition coefficient (Wildman–Crippen LogP) is 3.73. The van der Waals surface area contributed by atoms with Crippen LogP contribution < -0.4 is 15.4 Å². The van der Waals surface area contributed by atoms with E-state index >= 15 is 0 Å². The van der Waals surface area contributed by atoms with E-state index in [-0.39, 0.29) is 5.82 Å². The van der Waals surface area contributed by atoms with Crippen LogP contribution in [0.4, 0.5) is 21.8 Å². The molecule has 0 atom stereocenters. The van der Waals surface area contributed by atoms with Crippen molar-refractivity contribution in [2.24, 2.45) is 0 Å². The fourth-order valence-corrected chi connectivity index (χ4v) is 2.55. The molecule has 0 fully saturated rings. The molecule has 0 bridgehead atoms.